The summed E-state index contributed by atoms with van der Waals surface area (Å²) in [6, 6.07) is 8.08. The zero-order chi connectivity index (χ0) is 13.2. The van der Waals surface area contributed by atoms with Gasteiger partial charge in [0.25, 0.3) is 0 Å². The monoisotopic (exact) mass is 253 g/mol. The van der Waals surface area contributed by atoms with E-state index in [2.05, 4.69) is 20.6 Å². The van der Waals surface area contributed by atoms with Crippen molar-refractivity contribution < 1.29 is 0 Å². The van der Waals surface area contributed by atoms with Crippen LogP contribution in [-0.2, 0) is 13.6 Å². The van der Waals surface area contributed by atoms with Crippen LogP contribution in [0, 0.1) is 6.92 Å². The van der Waals surface area contributed by atoms with Crippen molar-refractivity contribution in [2.75, 3.05) is 5.32 Å². The van der Waals surface area contributed by atoms with E-state index >= 15 is 0 Å². The zero-order valence-corrected chi connectivity index (χ0v) is 11.0. The molecule has 96 valence electrons. The second-order valence-corrected chi connectivity index (χ2v) is 4.55. The van der Waals surface area contributed by atoms with Crippen molar-refractivity contribution in [2.24, 2.45) is 7.05 Å². The van der Waals surface area contributed by atoms with Crippen LogP contribution in [0.4, 0.5) is 5.82 Å². The van der Waals surface area contributed by atoms with Crippen LogP contribution in [0.3, 0.4) is 0 Å². The minimum atomic E-state index is 0.697. The first-order valence-electron chi connectivity index (χ1n) is 6.17. The van der Waals surface area contributed by atoms with E-state index in [4.69, 9.17) is 0 Å². The van der Waals surface area contributed by atoms with Gasteiger partial charge in [0.1, 0.15) is 0 Å². The van der Waals surface area contributed by atoms with Crippen molar-refractivity contribution in [3.8, 4) is 0 Å². The van der Waals surface area contributed by atoms with E-state index in [-0.39, 0.29) is 0 Å². The molecule has 2 aromatic heterocycles. The fraction of sp³-hybridized carbons (Fsp3) is 0.214. The Morgan fingerprint density at radius 1 is 1.26 bits per heavy atom. The number of hydrogen-bond donors (Lipinski definition) is 1. The van der Waals surface area contributed by atoms with Gasteiger partial charge >= 0.3 is 0 Å². The fourth-order valence-corrected chi connectivity index (χ4v) is 2.16. The molecule has 1 aromatic carbocycles. The Labute approximate surface area is 111 Å². The third-order valence-corrected chi connectivity index (χ3v) is 3.13. The molecule has 0 radical (unpaired) electrons. The van der Waals surface area contributed by atoms with E-state index in [0.29, 0.717) is 6.54 Å². The van der Waals surface area contributed by atoms with Crippen LogP contribution in [0.15, 0.2) is 36.7 Å². The summed E-state index contributed by atoms with van der Waals surface area (Å²) in [5, 5.41) is 18.0. The Kier molecular flexibility index (Phi) is 2.87. The smallest absolute Gasteiger partial charge is 0.156 e. The lowest BCUT2D eigenvalue weighted by Crippen LogP contribution is -2.03. The van der Waals surface area contributed by atoms with Crippen molar-refractivity contribution in [1.82, 2.24) is 20.0 Å². The molecule has 3 aromatic rings. The number of hydrogen-bond acceptors (Lipinski definition) is 4. The molecule has 0 saturated heterocycles. The highest BCUT2D eigenvalue weighted by Crippen LogP contribution is 2.20. The summed E-state index contributed by atoms with van der Waals surface area (Å²) in [5.74, 6) is 0.807. The van der Waals surface area contributed by atoms with Gasteiger partial charge < -0.3 is 5.32 Å². The highest BCUT2D eigenvalue weighted by Gasteiger charge is 2.05. The lowest BCUT2D eigenvalue weighted by molar-refractivity contribution is 0.756. The SMILES string of the molecule is Cc1nn(C)cc1CNc1nncc2ccccc12. The molecule has 5 heteroatoms. The van der Waals surface area contributed by atoms with Crippen LogP contribution in [0.25, 0.3) is 10.8 Å². The molecule has 3 rings (SSSR count). The van der Waals surface area contributed by atoms with Crippen LogP contribution < -0.4 is 5.32 Å². The van der Waals surface area contributed by atoms with E-state index in [1.165, 1.54) is 0 Å². The molecule has 19 heavy (non-hydrogen) atoms. The summed E-state index contributed by atoms with van der Waals surface area (Å²) in [4.78, 5) is 0. The molecule has 0 spiro atoms. The highest BCUT2D eigenvalue weighted by molar-refractivity contribution is 5.90. The molecule has 0 aliphatic rings. The standard InChI is InChI=1S/C14H15N5/c1-10-12(9-19(2)18-10)7-15-14-13-6-4-3-5-11(13)8-16-17-14/h3-6,8-9H,7H2,1-2H3,(H,15,17). The average molecular weight is 253 g/mol. The Bertz CT molecular complexity index is 711. The van der Waals surface area contributed by atoms with E-state index in [0.717, 1.165) is 27.8 Å². The first-order valence-corrected chi connectivity index (χ1v) is 6.17. The summed E-state index contributed by atoms with van der Waals surface area (Å²) in [7, 11) is 1.92. The molecule has 5 nitrogen and oxygen atoms in total. The van der Waals surface area contributed by atoms with Gasteiger partial charge in [-0.05, 0) is 6.92 Å². The van der Waals surface area contributed by atoms with Crippen LogP contribution in [0.1, 0.15) is 11.3 Å². The number of rotatable bonds is 3. The van der Waals surface area contributed by atoms with Crippen molar-refractivity contribution >= 4 is 16.6 Å². The number of fused-ring (bicyclic) bond motifs is 1. The lowest BCUT2D eigenvalue weighted by Gasteiger charge is -2.06. The third-order valence-electron chi connectivity index (χ3n) is 3.13. The Morgan fingerprint density at radius 3 is 2.89 bits per heavy atom. The van der Waals surface area contributed by atoms with Gasteiger partial charge in [0.15, 0.2) is 5.82 Å². The predicted molar refractivity (Wildman–Crippen MR) is 74.8 cm³/mol. The molecule has 0 fully saturated rings. The average Bonchev–Trinajstić information content (AvgIpc) is 2.74. The molecule has 0 aliphatic heterocycles. The van der Waals surface area contributed by atoms with Gasteiger partial charge in [0.2, 0.25) is 0 Å². The van der Waals surface area contributed by atoms with Crippen LogP contribution in [-0.4, -0.2) is 20.0 Å². The maximum Gasteiger partial charge on any atom is 0.156 e. The van der Waals surface area contributed by atoms with Crippen molar-refractivity contribution in [3.63, 3.8) is 0 Å². The van der Waals surface area contributed by atoms with Gasteiger partial charge in [0, 0.05) is 36.1 Å². The zero-order valence-electron chi connectivity index (χ0n) is 11.0. The number of anilines is 1. The normalized spacial score (nSPS) is 10.8. The van der Waals surface area contributed by atoms with Gasteiger partial charge in [-0.25, -0.2) is 0 Å². The molecule has 0 atom stereocenters. The fourth-order valence-electron chi connectivity index (χ4n) is 2.16. The Morgan fingerprint density at radius 2 is 2.11 bits per heavy atom. The van der Waals surface area contributed by atoms with E-state index in [1.54, 1.807) is 6.20 Å². The third kappa shape index (κ3) is 2.27. The maximum absolute atomic E-state index is 4.33. The minimum Gasteiger partial charge on any atom is -0.364 e. The predicted octanol–water partition coefficient (Wildman–Crippen LogP) is 2.28. The first kappa shape index (κ1) is 11.6. The topological polar surface area (TPSA) is 55.6 Å². The van der Waals surface area contributed by atoms with Crippen molar-refractivity contribution in [1.29, 1.82) is 0 Å². The van der Waals surface area contributed by atoms with Crippen LogP contribution >= 0.6 is 0 Å². The Balaban J connectivity index is 1.88. The largest absolute Gasteiger partial charge is 0.364 e. The molecule has 2 heterocycles. The lowest BCUT2D eigenvalue weighted by atomic mass is 10.2. The van der Waals surface area contributed by atoms with Gasteiger partial charge in [-0.2, -0.15) is 10.2 Å². The summed E-state index contributed by atoms with van der Waals surface area (Å²) < 4.78 is 1.82. The van der Waals surface area contributed by atoms with Gasteiger partial charge in [-0.1, -0.05) is 24.3 Å². The number of nitrogens with zero attached hydrogens (tertiary/aromatic N) is 4. The van der Waals surface area contributed by atoms with Crippen LogP contribution in [0.5, 0.6) is 0 Å². The first-order chi connectivity index (χ1) is 9.24. The van der Waals surface area contributed by atoms with Gasteiger partial charge in [-0.15, -0.1) is 5.10 Å². The summed E-state index contributed by atoms with van der Waals surface area (Å²) in [6.07, 6.45) is 3.79. The number of aromatic nitrogens is 4. The molecule has 0 unspecified atom stereocenters. The van der Waals surface area contributed by atoms with Crippen LogP contribution in [0.2, 0.25) is 0 Å². The van der Waals surface area contributed by atoms with Crippen molar-refractivity contribution in [2.45, 2.75) is 13.5 Å². The van der Waals surface area contributed by atoms with Gasteiger partial charge in [0.05, 0.1) is 11.9 Å². The molecule has 1 N–H and O–H groups in total. The van der Waals surface area contributed by atoms with E-state index in [9.17, 15) is 0 Å². The molecule has 0 saturated carbocycles. The molecule has 0 aliphatic carbocycles. The summed E-state index contributed by atoms with van der Waals surface area (Å²) in [5.41, 5.74) is 2.19. The molecular weight excluding hydrogens is 238 g/mol. The molecule has 0 bridgehead atoms. The Hall–Kier alpha value is -2.43. The number of aryl methyl sites for hydroxylation is 2. The molecular formula is C14H15N5. The van der Waals surface area contributed by atoms with E-state index < -0.39 is 0 Å². The summed E-state index contributed by atoms with van der Waals surface area (Å²) >= 11 is 0. The maximum atomic E-state index is 4.33. The van der Waals surface area contributed by atoms with E-state index in [1.807, 2.05) is 49.1 Å². The quantitative estimate of drug-likeness (QED) is 0.778. The number of benzene rings is 1. The highest BCUT2D eigenvalue weighted by atomic mass is 15.3. The summed E-state index contributed by atoms with van der Waals surface area (Å²) in [6.45, 7) is 2.70. The second-order valence-electron chi connectivity index (χ2n) is 4.55. The minimum absolute atomic E-state index is 0.697. The van der Waals surface area contributed by atoms with Crippen molar-refractivity contribution in [3.05, 3.63) is 47.9 Å². The second kappa shape index (κ2) is 4.68. The molecule has 0 amide bonds. The number of nitrogens with one attached hydrogen (secondary N) is 1. The van der Waals surface area contributed by atoms with Gasteiger partial charge in [-0.3, -0.25) is 4.68 Å².